The maximum atomic E-state index is 5.17. The molecule has 0 aromatic carbocycles. The second-order valence-corrected chi connectivity index (χ2v) is 9.14. The third-order valence-corrected chi connectivity index (χ3v) is 6.62. The van der Waals surface area contributed by atoms with Crippen LogP contribution in [0.2, 0.25) is 0 Å². The van der Waals surface area contributed by atoms with Crippen LogP contribution in [0.1, 0.15) is 62.0 Å². The van der Waals surface area contributed by atoms with Gasteiger partial charge in [0.15, 0.2) is 0 Å². The summed E-state index contributed by atoms with van der Waals surface area (Å²) in [5, 5.41) is 12.8. The standard InChI is InChI=1S/C22H32N8/c1-13(2)30-22-19(23-9-15-10-25-29(4)12-15)8-18(26-20(22)14(3)28-30)17-7-5-6-16-11-24-27-21(16)17/h8,10,12-13,16-17,21,24,27H,5-7,9,11H2,1-4H3,(H,23,26). The van der Waals surface area contributed by atoms with E-state index < -0.39 is 0 Å². The minimum Gasteiger partial charge on any atom is -0.379 e. The number of rotatable bonds is 5. The molecule has 0 amide bonds. The molecule has 1 saturated heterocycles. The van der Waals surface area contributed by atoms with Crippen LogP contribution in [-0.2, 0) is 13.6 Å². The number of fused-ring (bicyclic) bond motifs is 2. The van der Waals surface area contributed by atoms with Gasteiger partial charge in [0, 0.05) is 55.6 Å². The Bertz CT molecular complexity index is 1050. The van der Waals surface area contributed by atoms with Crippen molar-refractivity contribution >= 4 is 16.7 Å². The van der Waals surface area contributed by atoms with Gasteiger partial charge in [0.25, 0.3) is 0 Å². The Kier molecular flexibility index (Phi) is 4.99. The molecule has 0 spiro atoms. The zero-order chi connectivity index (χ0) is 20.8. The van der Waals surface area contributed by atoms with Crippen molar-refractivity contribution < 1.29 is 0 Å². The fraction of sp³-hybridized carbons (Fsp3) is 0.591. The minimum absolute atomic E-state index is 0.271. The number of hydrazine groups is 1. The summed E-state index contributed by atoms with van der Waals surface area (Å²) in [6, 6.07) is 2.99. The van der Waals surface area contributed by atoms with E-state index in [0.29, 0.717) is 17.9 Å². The molecular weight excluding hydrogens is 376 g/mol. The Balaban J connectivity index is 1.57. The van der Waals surface area contributed by atoms with Crippen LogP contribution in [0.4, 0.5) is 5.69 Å². The molecule has 160 valence electrons. The summed E-state index contributed by atoms with van der Waals surface area (Å²) in [5.41, 5.74) is 13.5. The lowest BCUT2D eigenvalue weighted by molar-refractivity contribution is 0.290. The molecule has 8 heteroatoms. The van der Waals surface area contributed by atoms with E-state index in [1.165, 1.54) is 25.0 Å². The number of aryl methyl sites for hydroxylation is 2. The topological polar surface area (TPSA) is 84.6 Å². The fourth-order valence-corrected chi connectivity index (χ4v) is 5.13. The highest BCUT2D eigenvalue weighted by molar-refractivity contribution is 5.90. The number of hydrogen-bond acceptors (Lipinski definition) is 6. The summed E-state index contributed by atoms with van der Waals surface area (Å²) in [7, 11) is 1.95. The molecule has 1 saturated carbocycles. The zero-order valence-electron chi connectivity index (χ0n) is 18.3. The fourth-order valence-electron chi connectivity index (χ4n) is 5.13. The van der Waals surface area contributed by atoms with Gasteiger partial charge < -0.3 is 5.32 Å². The summed E-state index contributed by atoms with van der Waals surface area (Å²) < 4.78 is 3.94. The number of pyridine rings is 1. The largest absolute Gasteiger partial charge is 0.379 e. The van der Waals surface area contributed by atoms with Crippen LogP contribution < -0.4 is 16.2 Å². The smallest absolute Gasteiger partial charge is 0.114 e. The molecule has 3 N–H and O–H groups in total. The van der Waals surface area contributed by atoms with E-state index in [4.69, 9.17) is 10.1 Å². The molecular formula is C22H32N8. The van der Waals surface area contributed by atoms with E-state index in [1.807, 2.05) is 17.9 Å². The minimum atomic E-state index is 0.271. The number of nitrogens with zero attached hydrogens (tertiary/aromatic N) is 5. The number of hydrogen-bond donors (Lipinski definition) is 3. The molecule has 30 heavy (non-hydrogen) atoms. The van der Waals surface area contributed by atoms with E-state index in [0.717, 1.165) is 41.1 Å². The normalized spacial score (nSPS) is 24.0. The molecule has 1 aliphatic heterocycles. The van der Waals surface area contributed by atoms with E-state index in [1.54, 1.807) is 0 Å². The first-order valence-electron chi connectivity index (χ1n) is 11.1. The highest BCUT2D eigenvalue weighted by Gasteiger charge is 2.38. The summed E-state index contributed by atoms with van der Waals surface area (Å²) in [6.07, 6.45) is 7.69. The van der Waals surface area contributed by atoms with Gasteiger partial charge in [-0.2, -0.15) is 10.2 Å². The van der Waals surface area contributed by atoms with Gasteiger partial charge in [0.1, 0.15) is 11.0 Å². The molecule has 1 aliphatic carbocycles. The predicted molar refractivity (Wildman–Crippen MR) is 118 cm³/mol. The molecule has 2 fully saturated rings. The molecule has 3 aromatic heterocycles. The van der Waals surface area contributed by atoms with E-state index >= 15 is 0 Å². The molecule has 3 aromatic rings. The molecule has 4 heterocycles. The SMILES string of the molecule is Cc1nn(C(C)C)c2c(NCc3cnn(C)c3)cc(C3CCCC4CNNC43)nc12. The van der Waals surface area contributed by atoms with Crippen molar-refractivity contribution in [1.29, 1.82) is 0 Å². The molecule has 3 atom stereocenters. The van der Waals surface area contributed by atoms with Crippen LogP contribution >= 0.6 is 0 Å². The first kappa shape index (κ1) is 19.5. The molecule has 8 nitrogen and oxygen atoms in total. The summed E-state index contributed by atoms with van der Waals surface area (Å²) in [5.74, 6) is 1.11. The highest BCUT2D eigenvalue weighted by Crippen LogP contribution is 2.39. The summed E-state index contributed by atoms with van der Waals surface area (Å²) in [4.78, 5) is 5.17. The van der Waals surface area contributed by atoms with Gasteiger partial charge >= 0.3 is 0 Å². The van der Waals surface area contributed by atoms with Gasteiger partial charge in [-0.3, -0.25) is 20.2 Å². The molecule has 0 radical (unpaired) electrons. The first-order chi connectivity index (χ1) is 14.5. The number of nitrogens with one attached hydrogen (secondary N) is 3. The third kappa shape index (κ3) is 3.37. The van der Waals surface area contributed by atoms with Crippen LogP contribution in [-0.4, -0.2) is 37.1 Å². The van der Waals surface area contributed by atoms with Crippen molar-refractivity contribution in [2.45, 2.75) is 64.6 Å². The van der Waals surface area contributed by atoms with Crippen molar-refractivity contribution in [2.75, 3.05) is 11.9 Å². The Morgan fingerprint density at radius 1 is 1.30 bits per heavy atom. The van der Waals surface area contributed by atoms with E-state index in [-0.39, 0.29) is 6.04 Å². The average molecular weight is 409 g/mol. The lowest BCUT2D eigenvalue weighted by Crippen LogP contribution is -2.39. The van der Waals surface area contributed by atoms with E-state index in [9.17, 15) is 0 Å². The molecule has 5 rings (SSSR count). The van der Waals surface area contributed by atoms with Crippen molar-refractivity contribution in [3.8, 4) is 0 Å². The van der Waals surface area contributed by atoms with Crippen LogP contribution in [0, 0.1) is 12.8 Å². The molecule has 0 bridgehead atoms. The summed E-state index contributed by atoms with van der Waals surface area (Å²) in [6.45, 7) is 8.20. The van der Waals surface area contributed by atoms with Gasteiger partial charge in [-0.15, -0.1) is 0 Å². The van der Waals surface area contributed by atoms with Crippen LogP contribution in [0.25, 0.3) is 11.0 Å². The molecule has 3 unspecified atom stereocenters. The Labute approximate surface area is 177 Å². The van der Waals surface area contributed by atoms with Crippen molar-refractivity contribution in [2.24, 2.45) is 13.0 Å². The monoisotopic (exact) mass is 408 g/mol. The van der Waals surface area contributed by atoms with Crippen LogP contribution in [0.15, 0.2) is 18.5 Å². The predicted octanol–water partition coefficient (Wildman–Crippen LogP) is 3.03. The van der Waals surface area contributed by atoms with Crippen LogP contribution in [0.3, 0.4) is 0 Å². The lowest BCUT2D eigenvalue weighted by Gasteiger charge is -2.32. The van der Waals surface area contributed by atoms with Crippen LogP contribution in [0.5, 0.6) is 0 Å². The number of anilines is 1. The second-order valence-electron chi connectivity index (χ2n) is 9.14. The van der Waals surface area contributed by atoms with E-state index in [2.05, 4.69) is 59.0 Å². The quantitative estimate of drug-likeness (QED) is 0.602. The Hall–Kier alpha value is -2.45. The second kappa shape index (κ2) is 7.67. The summed E-state index contributed by atoms with van der Waals surface area (Å²) >= 11 is 0. The van der Waals surface area contributed by atoms with Gasteiger partial charge in [-0.05, 0) is 45.6 Å². The maximum absolute atomic E-state index is 5.17. The maximum Gasteiger partial charge on any atom is 0.114 e. The van der Waals surface area contributed by atoms with Gasteiger partial charge in [0.05, 0.1) is 17.6 Å². The first-order valence-corrected chi connectivity index (χ1v) is 11.1. The third-order valence-electron chi connectivity index (χ3n) is 6.62. The van der Waals surface area contributed by atoms with Gasteiger partial charge in [0.2, 0.25) is 0 Å². The van der Waals surface area contributed by atoms with Gasteiger partial charge in [-0.1, -0.05) is 6.42 Å². The Morgan fingerprint density at radius 3 is 2.93 bits per heavy atom. The highest BCUT2D eigenvalue weighted by atomic mass is 15.4. The average Bonchev–Trinajstić information content (AvgIpc) is 3.45. The molecule has 2 aliphatic rings. The zero-order valence-corrected chi connectivity index (χ0v) is 18.3. The Morgan fingerprint density at radius 2 is 2.17 bits per heavy atom. The lowest BCUT2D eigenvalue weighted by atomic mass is 9.76. The van der Waals surface area contributed by atoms with Gasteiger partial charge in [-0.25, -0.2) is 4.98 Å². The van der Waals surface area contributed by atoms with Crippen molar-refractivity contribution in [3.63, 3.8) is 0 Å². The van der Waals surface area contributed by atoms with Crippen molar-refractivity contribution in [1.82, 2.24) is 35.4 Å². The van der Waals surface area contributed by atoms with Crippen molar-refractivity contribution in [3.05, 3.63) is 35.4 Å². The number of aromatic nitrogens is 5.